The maximum Gasteiger partial charge on any atom is 0.293 e. The number of aromatic nitrogens is 1. The summed E-state index contributed by atoms with van der Waals surface area (Å²) in [5.41, 5.74) is 3.11. The molecule has 0 aliphatic carbocycles. The Morgan fingerprint density at radius 1 is 1.44 bits per heavy atom. The summed E-state index contributed by atoms with van der Waals surface area (Å²) in [5, 5.41) is 12.6. The molecule has 0 radical (unpaired) electrons. The predicted octanol–water partition coefficient (Wildman–Crippen LogP) is 1.68. The van der Waals surface area contributed by atoms with Crippen LogP contribution in [-0.2, 0) is 11.2 Å². The molecule has 0 bridgehead atoms. The zero-order chi connectivity index (χ0) is 19.2. The molecule has 142 valence electrons. The lowest BCUT2D eigenvalue weighted by atomic mass is 9.79. The maximum absolute atomic E-state index is 12.3. The molecular formula is C20H25BN2O4. The molecule has 0 spiro atoms. The quantitative estimate of drug-likeness (QED) is 0.693. The van der Waals surface area contributed by atoms with Crippen LogP contribution in [0.15, 0.2) is 36.5 Å². The third-order valence-electron chi connectivity index (χ3n) is 4.91. The van der Waals surface area contributed by atoms with Gasteiger partial charge in [0.25, 0.3) is 7.48 Å². The van der Waals surface area contributed by atoms with E-state index in [1.807, 2.05) is 31.2 Å². The first-order valence-corrected chi connectivity index (χ1v) is 9.22. The zero-order valence-electron chi connectivity index (χ0n) is 15.8. The molecule has 2 atom stereocenters. The van der Waals surface area contributed by atoms with Crippen molar-refractivity contribution in [3.05, 3.63) is 53.3 Å². The largest absolute Gasteiger partial charge is 0.495 e. The second-order valence-corrected chi connectivity index (χ2v) is 6.87. The van der Waals surface area contributed by atoms with Gasteiger partial charge >= 0.3 is 0 Å². The van der Waals surface area contributed by atoms with Crippen molar-refractivity contribution in [2.45, 2.75) is 38.0 Å². The fourth-order valence-corrected chi connectivity index (χ4v) is 3.41. The Kier molecular flexibility index (Phi) is 6.34. The number of aryl methyl sites for hydroxylation is 2. The fourth-order valence-electron chi connectivity index (χ4n) is 3.41. The smallest absolute Gasteiger partial charge is 0.293 e. The van der Waals surface area contributed by atoms with Crippen LogP contribution in [0, 0.1) is 6.92 Å². The number of pyridine rings is 1. The van der Waals surface area contributed by atoms with Crippen LogP contribution in [0.25, 0.3) is 0 Å². The highest BCUT2D eigenvalue weighted by atomic mass is 16.5. The van der Waals surface area contributed by atoms with Crippen molar-refractivity contribution < 1.29 is 19.3 Å². The van der Waals surface area contributed by atoms with E-state index in [4.69, 9.17) is 9.47 Å². The summed E-state index contributed by atoms with van der Waals surface area (Å²) in [4.78, 5) is 16.5. The van der Waals surface area contributed by atoms with E-state index in [1.165, 1.54) is 0 Å². The Balaban J connectivity index is 1.51. The maximum atomic E-state index is 12.3. The van der Waals surface area contributed by atoms with Gasteiger partial charge in [-0.3, -0.25) is 9.78 Å². The number of fused-ring (bicyclic) bond motifs is 1. The number of ether oxygens (including phenoxy) is 2. The van der Waals surface area contributed by atoms with Crippen LogP contribution in [0.4, 0.5) is 0 Å². The molecule has 27 heavy (non-hydrogen) atoms. The molecule has 1 aromatic heterocycles. The summed E-state index contributed by atoms with van der Waals surface area (Å²) in [6.45, 7) is 2.61. The molecule has 1 amide bonds. The zero-order valence-corrected chi connectivity index (χ0v) is 15.8. The van der Waals surface area contributed by atoms with Crippen molar-refractivity contribution in [3.8, 4) is 11.5 Å². The Morgan fingerprint density at radius 2 is 2.30 bits per heavy atom. The van der Waals surface area contributed by atoms with Crippen LogP contribution in [-0.4, -0.2) is 43.1 Å². The standard InChI is InChI=1S/C20H25BN2O4/c1-13-4-3-5-17-14(12-27-20(13)17)10-18(21-25)23-19(24)9-7-15-6-8-16(26-2)11-22-15/h3-6,8,11,14,18,21,25H,7,9-10,12H2,1-2H3,(H,23,24). The minimum atomic E-state index is -0.290. The van der Waals surface area contributed by atoms with Crippen molar-refractivity contribution in [2.24, 2.45) is 0 Å². The number of amides is 1. The van der Waals surface area contributed by atoms with Crippen LogP contribution >= 0.6 is 0 Å². The lowest BCUT2D eigenvalue weighted by molar-refractivity contribution is -0.121. The van der Waals surface area contributed by atoms with Gasteiger partial charge in [-0.2, -0.15) is 0 Å². The SMILES string of the molecule is COc1ccc(CCC(=O)NC(BO)CC2COc3c(C)cccc32)nc1. The number of hydrogen-bond donors (Lipinski definition) is 2. The van der Waals surface area contributed by atoms with Gasteiger partial charge in [0.15, 0.2) is 0 Å². The highest BCUT2D eigenvalue weighted by molar-refractivity contribution is 6.28. The van der Waals surface area contributed by atoms with Gasteiger partial charge in [0.05, 0.1) is 19.9 Å². The highest BCUT2D eigenvalue weighted by Crippen LogP contribution is 2.38. The Morgan fingerprint density at radius 3 is 3.00 bits per heavy atom. The first kappa shape index (κ1) is 19.2. The van der Waals surface area contributed by atoms with Gasteiger partial charge in [0.2, 0.25) is 5.91 Å². The first-order valence-electron chi connectivity index (χ1n) is 9.22. The second-order valence-electron chi connectivity index (χ2n) is 6.87. The summed E-state index contributed by atoms with van der Waals surface area (Å²) in [5.74, 6) is 1.44. The van der Waals surface area contributed by atoms with Gasteiger partial charge in [-0.05, 0) is 37.5 Å². The molecule has 0 saturated carbocycles. The number of hydrogen-bond acceptors (Lipinski definition) is 5. The van der Waals surface area contributed by atoms with Crippen LogP contribution in [0.3, 0.4) is 0 Å². The van der Waals surface area contributed by atoms with Crippen molar-refractivity contribution in [1.82, 2.24) is 10.3 Å². The van der Waals surface area contributed by atoms with Gasteiger partial charge in [-0.25, -0.2) is 0 Å². The van der Waals surface area contributed by atoms with Crippen molar-refractivity contribution >= 4 is 13.4 Å². The van der Waals surface area contributed by atoms with E-state index in [-0.39, 0.29) is 25.2 Å². The van der Waals surface area contributed by atoms with Crippen LogP contribution in [0.5, 0.6) is 11.5 Å². The summed E-state index contributed by atoms with van der Waals surface area (Å²) in [6.07, 6.45) is 3.16. The monoisotopic (exact) mass is 368 g/mol. The molecule has 2 unspecified atom stereocenters. The van der Waals surface area contributed by atoms with E-state index in [2.05, 4.69) is 16.4 Å². The number of para-hydroxylation sites is 1. The number of nitrogens with one attached hydrogen (secondary N) is 1. The van der Waals surface area contributed by atoms with Crippen molar-refractivity contribution in [2.75, 3.05) is 13.7 Å². The average molecular weight is 368 g/mol. The lowest BCUT2D eigenvalue weighted by Crippen LogP contribution is -2.40. The fraction of sp³-hybridized carbons (Fsp3) is 0.400. The van der Waals surface area contributed by atoms with Gasteiger partial charge < -0.3 is 19.8 Å². The number of rotatable bonds is 8. The Labute approximate surface area is 160 Å². The molecule has 1 aliphatic heterocycles. The minimum absolute atomic E-state index is 0.0879. The molecule has 1 aromatic carbocycles. The van der Waals surface area contributed by atoms with Crippen LogP contribution < -0.4 is 14.8 Å². The van der Waals surface area contributed by atoms with Crippen molar-refractivity contribution in [1.29, 1.82) is 0 Å². The van der Waals surface area contributed by atoms with E-state index in [1.54, 1.807) is 13.3 Å². The second kappa shape index (κ2) is 8.91. The molecule has 0 fully saturated rings. The Bertz CT molecular complexity index is 782. The number of carbonyl (C=O) groups is 1. The summed E-state index contributed by atoms with van der Waals surface area (Å²) in [6, 6.07) is 9.79. The summed E-state index contributed by atoms with van der Waals surface area (Å²) >= 11 is 0. The molecule has 6 nitrogen and oxygen atoms in total. The minimum Gasteiger partial charge on any atom is -0.495 e. The van der Waals surface area contributed by atoms with Crippen LogP contribution in [0.1, 0.15) is 35.6 Å². The normalized spacial score (nSPS) is 16.2. The van der Waals surface area contributed by atoms with Gasteiger partial charge in [0, 0.05) is 29.5 Å². The molecule has 2 aromatic rings. The summed E-state index contributed by atoms with van der Waals surface area (Å²) in [7, 11) is 1.50. The molecule has 1 aliphatic rings. The predicted molar refractivity (Wildman–Crippen MR) is 104 cm³/mol. The van der Waals surface area contributed by atoms with Gasteiger partial charge in [-0.1, -0.05) is 18.2 Å². The van der Waals surface area contributed by atoms with E-state index in [9.17, 15) is 9.82 Å². The average Bonchev–Trinajstić information content (AvgIpc) is 3.10. The van der Waals surface area contributed by atoms with E-state index in [0.29, 0.717) is 31.6 Å². The van der Waals surface area contributed by atoms with E-state index >= 15 is 0 Å². The molecule has 3 rings (SSSR count). The highest BCUT2D eigenvalue weighted by Gasteiger charge is 2.28. The van der Waals surface area contributed by atoms with Crippen LogP contribution in [0.2, 0.25) is 0 Å². The topological polar surface area (TPSA) is 80.7 Å². The van der Waals surface area contributed by atoms with Crippen molar-refractivity contribution in [3.63, 3.8) is 0 Å². The van der Waals surface area contributed by atoms with Gasteiger partial charge in [-0.15, -0.1) is 0 Å². The lowest BCUT2D eigenvalue weighted by Gasteiger charge is -2.19. The first-order chi connectivity index (χ1) is 13.1. The molecule has 7 heteroatoms. The Hall–Kier alpha value is -2.54. The number of benzene rings is 1. The molecular weight excluding hydrogens is 343 g/mol. The number of carbonyl (C=O) groups excluding carboxylic acids is 1. The third kappa shape index (κ3) is 4.80. The van der Waals surface area contributed by atoms with E-state index < -0.39 is 0 Å². The third-order valence-corrected chi connectivity index (χ3v) is 4.91. The number of methoxy groups -OCH3 is 1. The number of nitrogens with zero attached hydrogens (tertiary/aromatic N) is 1. The molecule has 2 N–H and O–H groups in total. The van der Waals surface area contributed by atoms with Gasteiger partial charge in [0.1, 0.15) is 11.5 Å². The molecule has 2 heterocycles. The van der Waals surface area contributed by atoms with E-state index in [0.717, 1.165) is 22.6 Å². The summed E-state index contributed by atoms with van der Waals surface area (Å²) < 4.78 is 10.9. The molecule has 0 saturated heterocycles.